The van der Waals surface area contributed by atoms with Crippen LogP contribution in [0.1, 0.15) is 20.3 Å². The van der Waals surface area contributed by atoms with E-state index >= 15 is 0 Å². The van der Waals surface area contributed by atoms with Crippen molar-refractivity contribution in [2.45, 2.75) is 32.9 Å². The number of nitrogens with one attached hydrogen (secondary N) is 1. The zero-order chi connectivity index (χ0) is 20.7. The second kappa shape index (κ2) is 9.68. The van der Waals surface area contributed by atoms with E-state index in [9.17, 15) is 14.4 Å². The molecule has 2 aromatic rings. The monoisotopic (exact) mass is 387 g/mol. The summed E-state index contributed by atoms with van der Waals surface area (Å²) >= 11 is 0. The SMILES string of the molecule is COC(=O)[C@H](CC(C)C)NC(=O)Cn1nc(-c2ccc(OC)cc2)ccc1=O. The smallest absolute Gasteiger partial charge is 0.328 e. The number of hydrogen-bond donors (Lipinski definition) is 1. The van der Waals surface area contributed by atoms with E-state index in [4.69, 9.17) is 9.47 Å². The quantitative estimate of drug-likeness (QED) is 0.691. The van der Waals surface area contributed by atoms with Gasteiger partial charge in [-0.1, -0.05) is 13.8 Å². The Hall–Kier alpha value is -3.16. The Morgan fingerprint density at radius 3 is 2.36 bits per heavy atom. The molecule has 8 nitrogen and oxygen atoms in total. The van der Waals surface area contributed by atoms with Gasteiger partial charge in [-0.15, -0.1) is 0 Å². The van der Waals surface area contributed by atoms with Gasteiger partial charge in [0.2, 0.25) is 5.91 Å². The number of rotatable bonds is 8. The van der Waals surface area contributed by atoms with E-state index in [-0.39, 0.29) is 12.5 Å². The number of methoxy groups -OCH3 is 2. The second-order valence-corrected chi connectivity index (χ2v) is 6.72. The molecule has 1 atom stereocenters. The van der Waals surface area contributed by atoms with Crippen molar-refractivity contribution in [2.24, 2.45) is 5.92 Å². The molecule has 150 valence electrons. The lowest BCUT2D eigenvalue weighted by Gasteiger charge is -2.18. The average molecular weight is 387 g/mol. The fourth-order valence-electron chi connectivity index (χ4n) is 2.68. The lowest BCUT2D eigenvalue weighted by atomic mass is 10.0. The molecule has 1 aromatic heterocycles. The molecule has 0 aliphatic rings. The maximum absolute atomic E-state index is 12.4. The molecule has 0 radical (unpaired) electrons. The van der Waals surface area contributed by atoms with Crippen molar-refractivity contribution in [3.8, 4) is 17.0 Å². The van der Waals surface area contributed by atoms with Gasteiger partial charge >= 0.3 is 5.97 Å². The van der Waals surface area contributed by atoms with Gasteiger partial charge in [0.15, 0.2) is 0 Å². The summed E-state index contributed by atoms with van der Waals surface area (Å²) < 4.78 is 10.9. The molecule has 0 fully saturated rings. The van der Waals surface area contributed by atoms with Crippen LogP contribution in [0.2, 0.25) is 0 Å². The highest BCUT2D eigenvalue weighted by molar-refractivity contribution is 5.84. The van der Waals surface area contributed by atoms with Gasteiger partial charge in [-0.2, -0.15) is 5.10 Å². The summed E-state index contributed by atoms with van der Waals surface area (Å²) in [6, 6.07) is 9.37. The first kappa shape index (κ1) is 21.1. The maximum atomic E-state index is 12.4. The minimum absolute atomic E-state index is 0.184. The predicted molar refractivity (Wildman–Crippen MR) is 104 cm³/mol. The fraction of sp³-hybridized carbons (Fsp3) is 0.400. The zero-order valence-corrected chi connectivity index (χ0v) is 16.5. The number of aromatic nitrogens is 2. The number of amides is 1. The highest BCUT2D eigenvalue weighted by atomic mass is 16.5. The number of ether oxygens (including phenoxy) is 2. The van der Waals surface area contributed by atoms with Crippen LogP contribution >= 0.6 is 0 Å². The Balaban J connectivity index is 2.16. The van der Waals surface area contributed by atoms with Crippen LogP contribution in [0, 0.1) is 5.92 Å². The Morgan fingerprint density at radius 2 is 1.79 bits per heavy atom. The molecule has 0 saturated heterocycles. The molecule has 0 saturated carbocycles. The number of hydrogen-bond acceptors (Lipinski definition) is 6. The summed E-state index contributed by atoms with van der Waals surface area (Å²) in [4.78, 5) is 36.3. The van der Waals surface area contributed by atoms with E-state index in [1.54, 1.807) is 25.3 Å². The summed E-state index contributed by atoms with van der Waals surface area (Å²) in [7, 11) is 2.85. The number of carbonyl (C=O) groups is 2. The summed E-state index contributed by atoms with van der Waals surface area (Å²) in [6.45, 7) is 3.58. The Labute approximate surface area is 163 Å². The number of carbonyl (C=O) groups excluding carboxylic acids is 2. The molecule has 0 unspecified atom stereocenters. The largest absolute Gasteiger partial charge is 0.497 e. The van der Waals surface area contributed by atoms with Crippen LogP contribution in [0.3, 0.4) is 0 Å². The summed E-state index contributed by atoms with van der Waals surface area (Å²) in [6.07, 6.45) is 0.437. The van der Waals surface area contributed by atoms with Crippen molar-refractivity contribution in [2.75, 3.05) is 14.2 Å². The first-order chi connectivity index (χ1) is 13.3. The summed E-state index contributed by atoms with van der Waals surface area (Å²) in [5, 5.41) is 6.88. The zero-order valence-electron chi connectivity index (χ0n) is 16.5. The van der Waals surface area contributed by atoms with Crippen LogP contribution in [0.5, 0.6) is 5.75 Å². The van der Waals surface area contributed by atoms with Crippen molar-refractivity contribution >= 4 is 11.9 Å². The molecule has 1 aromatic carbocycles. The van der Waals surface area contributed by atoms with Gasteiger partial charge in [-0.05, 0) is 42.7 Å². The van der Waals surface area contributed by atoms with Gasteiger partial charge in [0.05, 0.1) is 19.9 Å². The standard InChI is InChI=1S/C20H25N3O5/c1-13(2)11-17(20(26)28-4)21-18(24)12-23-19(25)10-9-16(22-23)14-5-7-15(27-3)8-6-14/h5-10,13,17H,11-12H2,1-4H3,(H,21,24)/t17-/m0/s1. The van der Waals surface area contributed by atoms with Gasteiger partial charge in [0.25, 0.3) is 5.56 Å². The minimum atomic E-state index is -0.766. The molecule has 0 aliphatic carbocycles. The van der Waals surface area contributed by atoms with Crippen molar-refractivity contribution in [1.29, 1.82) is 0 Å². The molecule has 2 rings (SSSR count). The van der Waals surface area contributed by atoms with Crippen LogP contribution < -0.4 is 15.6 Å². The van der Waals surface area contributed by atoms with E-state index in [0.717, 1.165) is 10.2 Å². The minimum Gasteiger partial charge on any atom is -0.497 e. The van der Waals surface area contributed by atoms with Crippen molar-refractivity contribution < 1.29 is 19.1 Å². The van der Waals surface area contributed by atoms with Gasteiger partial charge in [0, 0.05) is 11.6 Å². The Morgan fingerprint density at radius 1 is 1.11 bits per heavy atom. The molecule has 1 N–H and O–H groups in total. The summed E-state index contributed by atoms with van der Waals surface area (Å²) in [5.74, 6) is -0.119. The van der Waals surface area contributed by atoms with Gasteiger partial charge in [-0.25, -0.2) is 9.48 Å². The highest BCUT2D eigenvalue weighted by Gasteiger charge is 2.23. The van der Waals surface area contributed by atoms with E-state index < -0.39 is 23.5 Å². The molecule has 0 aliphatic heterocycles. The number of benzene rings is 1. The Bertz CT molecular complexity index is 874. The van der Waals surface area contributed by atoms with E-state index in [1.165, 1.54) is 13.2 Å². The third-order valence-corrected chi connectivity index (χ3v) is 4.07. The van der Waals surface area contributed by atoms with Gasteiger partial charge in [0.1, 0.15) is 18.3 Å². The van der Waals surface area contributed by atoms with Gasteiger partial charge in [-0.3, -0.25) is 9.59 Å². The normalized spacial score (nSPS) is 11.8. The van der Waals surface area contributed by atoms with E-state index in [2.05, 4.69) is 10.4 Å². The lowest BCUT2D eigenvalue weighted by molar-refractivity contribution is -0.145. The first-order valence-electron chi connectivity index (χ1n) is 8.93. The molecular weight excluding hydrogens is 362 g/mol. The highest BCUT2D eigenvalue weighted by Crippen LogP contribution is 2.19. The lowest BCUT2D eigenvalue weighted by Crippen LogP contribution is -2.44. The molecule has 1 amide bonds. The third-order valence-electron chi connectivity index (χ3n) is 4.07. The molecule has 0 bridgehead atoms. The summed E-state index contributed by atoms with van der Waals surface area (Å²) in [5.41, 5.74) is 0.912. The molecule has 28 heavy (non-hydrogen) atoms. The Kier molecular flexibility index (Phi) is 7.31. The second-order valence-electron chi connectivity index (χ2n) is 6.72. The predicted octanol–water partition coefficient (Wildman–Crippen LogP) is 1.62. The number of esters is 1. The van der Waals surface area contributed by atoms with Crippen molar-refractivity contribution in [1.82, 2.24) is 15.1 Å². The number of nitrogens with zero attached hydrogens (tertiary/aromatic N) is 2. The first-order valence-corrected chi connectivity index (χ1v) is 8.93. The molecule has 8 heteroatoms. The van der Waals surface area contributed by atoms with E-state index in [1.807, 2.05) is 26.0 Å². The molecular formula is C20H25N3O5. The topological polar surface area (TPSA) is 99.5 Å². The third kappa shape index (κ3) is 5.67. The maximum Gasteiger partial charge on any atom is 0.328 e. The van der Waals surface area contributed by atoms with Gasteiger partial charge < -0.3 is 14.8 Å². The van der Waals surface area contributed by atoms with E-state index in [0.29, 0.717) is 17.9 Å². The fourth-order valence-corrected chi connectivity index (χ4v) is 2.68. The van der Waals surface area contributed by atoms with Crippen molar-refractivity contribution in [3.63, 3.8) is 0 Å². The van der Waals surface area contributed by atoms with Crippen LogP contribution in [-0.4, -0.2) is 41.9 Å². The van der Waals surface area contributed by atoms with Crippen LogP contribution in [0.25, 0.3) is 11.3 Å². The van der Waals surface area contributed by atoms with Crippen molar-refractivity contribution in [3.05, 3.63) is 46.8 Å². The average Bonchev–Trinajstić information content (AvgIpc) is 2.68. The van der Waals surface area contributed by atoms with Crippen LogP contribution in [-0.2, 0) is 20.9 Å². The van der Waals surface area contributed by atoms with Crippen LogP contribution in [0.4, 0.5) is 0 Å². The molecule has 0 spiro atoms. The molecule has 1 heterocycles. The van der Waals surface area contributed by atoms with Crippen LogP contribution in [0.15, 0.2) is 41.2 Å².